The molecule has 7 heteroatoms. The van der Waals surface area contributed by atoms with Crippen LogP contribution in [0.1, 0.15) is 55.0 Å². The fourth-order valence-corrected chi connectivity index (χ4v) is 3.30. The van der Waals surface area contributed by atoms with E-state index in [0.29, 0.717) is 6.54 Å². The highest BCUT2D eigenvalue weighted by Crippen LogP contribution is 2.18. The van der Waals surface area contributed by atoms with E-state index in [-0.39, 0.29) is 30.0 Å². The zero-order valence-electron chi connectivity index (χ0n) is 18.6. The first-order valence-electron chi connectivity index (χ1n) is 10.2. The van der Waals surface area contributed by atoms with Crippen LogP contribution in [-0.4, -0.2) is 43.7 Å². The lowest BCUT2D eigenvalue weighted by Crippen LogP contribution is -2.41. The normalized spacial score (nSPS) is 12.6. The average molecular weight is 513 g/mol. The van der Waals surface area contributed by atoms with E-state index in [1.807, 2.05) is 0 Å². The van der Waals surface area contributed by atoms with Crippen molar-refractivity contribution < 1.29 is 4.52 Å². The van der Waals surface area contributed by atoms with Gasteiger partial charge in [-0.05, 0) is 38.1 Å². The van der Waals surface area contributed by atoms with Crippen molar-refractivity contribution in [2.75, 3.05) is 27.7 Å². The summed E-state index contributed by atoms with van der Waals surface area (Å²) in [5.41, 5.74) is 4.82. The molecule has 0 spiro atoms. The minimum atomic E-state index is 0. The fraction of sp³-hybridized carbons (Fsp3) is 0.545. The molecule has 0 amide bonds. The first kappa shape index (κ1) is 25.4. The molecule has 1 aromatic carbocycles. The minimum absolute atomic E-state index is 0. The van der Waals surface area contributed by atoms with Crippen LogP contribution < -0.4 is 10.6 Å². The number of hydrogen-bond acceptors (Lipinski definition) is 4. The Bertz CT molecular complexity index is 734. The molecule has 1 atom stereocenters. The second-order valence-electron chi connectivity index (χ2n) is 7.12. The Balaban J connectivity index is 0.00000420. The standard InChI is InChI=1S/C22H35N5O.HI/c1-7-16-10-12-17(13-11-16)20(27(5)6)15-25-22(23-4)24-14-18-19(8-2)26-28-21(18)9-3;/h10-13,20H,7-9,14-15H2,1-6H3,(H2,23,24,25);1H. The van der Waals surface area contributed by atoms with Gasteiger partial charge in [-0.2, -0.15) is 0 Å². The summed E-state index contributed by atoms with van der Waals surface area (Å²) in [4.78, 5) is 6.60. The van der Waals surface area contributed by atoms with Gasteiger partial charge in [-0.1, -0.05) is 50.2 Å². The van der Waals surface area contributed by atoms with Crippen LogP contribution in [0.2, 0.25) is 0 Å². The number of hydrogen-bond donors (Lipinski definition) is 2. The molecule has 2 rings (SSSR count). The Morgan fingerprint density at radius 3 is 2.28 bits per heavy atom. The molecular formula is C22H36IN5O. The third-order valence-corrected chi connectivity index (χ3v) is 5.12. The van der Waals surface area contributed by atoms with Crippen LogP contribution >= 0.6 is 24.0 Å². The average Bonchev–Trinajstić information content (AvgIpc) is 3.12. The SMILES string of the molecule is CCc1ccc(C(CNC(=NC)NCc2c(CC)noc2CC)N(C)C)cc1.I. The topological polar surface area (TPSA) is 65.7 Å². The van der Waals surface area contributed by atoms with Gasteiger partial charge in [-0.3, -0.25) is 4.99 Å². The van der Waals surface area contributed by atoms with Gasteiger partial charge in [0.25, 0.3) is 0 Å². The maximum atomic E-state index is 5.45. The van der Waals surface area contributed by atoms with Crippen molar-refractivity contribution in [1.29, 1.82) is 0 Å². The number of nitrogens with zero attached hydrogens (tertiary/aromatic N) is 3. The largest absolute Gasteiger partial charge is 0.361 e. The summed E-state index contributed by atoms with van der Waals surface area (Å²) in [6.45, 7) is 7.79. The van der Waals surface area contributed by atoms with Gasteiger partial charge in [0.2, 0.25) is 0 Å². The summed E-state index contributed by atoms with van der Waals surface area (Å²) in [6.07, 6.45) is 2.76. The van der Waals surface area contributed by atoms with E-state index in [0.717, 1.165) is 48.8 Å². The number of aromatic nitrogens is 1. The summed E-state index contributed by atoms with van der Waals surface area (Å²) < 4.78 is 5.45. The van der Waals surface area contributed by atoms with E-state index in [4.69, 9.17) is 4.52 Å². The number of nitrogens with one attached hydrogen (secondary N) is 2. The molecule has 0 aliphatic heterocycles. The van der Waals surface area contributed by atoms with Crippen molar-refractivity contribution in [1.82, 2.24) is 20.7 Å². The van der Waals surface area contributed by atoms with Gasteiger partial charge in [0.15, 0.2) is 5.96 Å². The zero-order valence-corrected chi connectivity index (χ0v) is 20.9. The first-order chi connectivity index (χ1) is 13.5. The summed E-state index contributed by atoms with van der Waals surface area (Å²) in [5, 5.41) is 11.0. The van der Waals surface area contributed by atoms with Crippen LogP contribution in [0, 0.1) is 0 Å². The van der Waals surface area contributed by atoms with E-state index in [9.17, 15) is 0 Å². The molecule has 0 aliphatic carbocycles. The van der Waals surface area contributed by atoms with Crippen molar-refractivity contribution in [3.05, 3.63) is 52.4 Å². The van der Waals surface area contributed by atoms with Crippen LogP contribution in [0.5, 0.6) is 0 Å². The number of guanidine groups is 1. The molecule has 29 heavy (non-hydrogen) atoms. The highest BCUT2D eigenvalue weighted by atomic mass is 127. The molecule has 1 unspecified atom stereocenters. The number of likely N-dealkylation sites (N-methyl/N-ethyl adjacent to an activating group) is 1. The lowest BCUT2D eigenvalue weighted by molar-refractivity contribution is 0.298. The molecule has 2 aromatic rings. The quantitative estimate of drug-likeness (QED) is 0.302. The second-order valence-corrected chi connectivity index (χ2v) is 7.12. The second kappa shape index (κ2) is 12.8. The summed E-state index contributed by atoms with van der Waals surface area (Å²) in [6, 6.07) is 9.13. The molecule has 1 heterocycles. The van der Waals surface area contributed by atoms with Crippen molar-refractivity contribution in [3.8, 4) is 0 Å². The Morgan fingerprint density at radius 1 is 1.07 bits per heavy atom. The molecule has 6 nitrogen and oxygen atoms in total. The Morgan fingerprint density at radius 2 is 1.76 bits per heavy atom. The third-order valence-electron chi connectivity index (χ3n) is 5.12. The lowest BCUT2D eigenvalue weighted by Gasteiger charge is -2.26. The fourth-order valence-electron chi connectivity index (χ4n) is 3.30. The molecule has 0 bridgehead atoms. The molecule has 0 saturated carbocycles. The molecular weight excluding hydrogens is 477 g/mol. The van der Waals surface area contributed by atoms with Gasteiger partial charge in [-0.15, -0.1) is 24.0 Å². The predicted octanol–water partition coefficient (Wildman–Crippen LogP) is 3.95. The van der Waals surface area contributed by atoms with Gasteiger partial charge < -0.3 is 20.1 Å². The molecule has 0 saturated heterocycles. The Hall–Kier alpha value is -1.61. The number of aliphatic imine (C=N–C) groups is 1. The minimum Gasteiger partial charge on any atom is -0.361 e. The van der Waals surface area contributed by atoms with Crippen LogP contribution in [0.4, 0.5) is 0 Å². The van der Waals surface area contributed by atoms with E-state index in [1.54, 1.807) is 7.05 Å². The molecule has 0 aliphatic rings. The third kappa shape index (κ3) is 6.99. The molecule has 0 fully saturated rings. The van der Waals surface area contributed by atoms with Gasteiger partial charge in [0.05, 0.1) is 11.7 Å². The first-order valence-corrected chi connectivity index (χ1v) is 10.2. The van der Waals surface area contributed by atoms with Gasteiger partial charge in [0, 0.05) is 32.1 Å². The van der Waals surface area contributed by atoms with Crippen LogP contribution in [-0.2, 0) is 25.8 Å². The Kier molecular flexibility index (Phi) is 11.3. The number of benzene rings is 1. The summed E-state index contributed by atoms with van der Waals surface area (Å²) >= 11 is 0. The van der Waals surface area contributed by atoms with E-state index < -0.39 is 0 Å². The van der Waals surface area contributed by atoms with Crippen molar-refractivity contribution in [2.45, 2.75) is 52.6 Å². The van der Waals surface area contributed by atoms with Gasteiger partial charge in [-0.25, -0.2) is 0 Å². The lowest BCUT2D eigenvalue weighted by atomic mass is 10.0. The molecule has 162 valence electrons. The van der Waals surface area contributed by atoms with Crippen molar-refractivity contribution in [3.63, 3.8) is 0 Å². The van der Waals surface area contributed by atoms with Crippen molar-refractivity contribution in [2.24, 2.45) is 4.99 Å². The number of halogens is 1. The summed E-state index contributed by atoms with van der Waals surface area (Å²) in [5.74, 6) is 1.73. The highest BCUT2D eigenvalue weighted by Gasteiger charge is 2.16. The Labute approximate surface area is 192 Å². The maximum absolute atomic E-state index is 5.45. The number of rotatable bonds is 9. The molecule has 0 radical (unpaired) electrons. The maximum Gasteiger partial charge on any atom is 0.191 e. The number of aryl methyl sites for hydroxylation is 3. The zero-order chi connectivity index (χ0) is 20.5. The summed E-state index contributed by atoms with van der Waals surface area (Å²) in [7, 11) is 6.01. The van der Waals surface area contributed by atoms with Gasteiger partial charge in [0.1, 0.15) is 5.76 Å². The van der Waals surface area contributed by atoms with E-state index >= 15 is 0 Å². The van der Waals surface area contributed by atoms with Crippen LogP contribution in [0.25, 0.3) is 0 Å². The monoisotopic (exact) mass is 513 g/mol. The highest BCUT2D eigenvalue weighted by molar-refractivity contribution is 14.0. The smallest absolute Gasteiger partial charge is 0.191 e. The van der Waals surface area contributed by atoms with Crippen LogP contribution in [0.3, 0.4) is 0 Å². The van der Waals surface area contributed by atoms with Crippen LogP contribution in [0.15, 0.2) is 33.8 Å². The van der Waals surface area contributed by atoms with Gasteiger partial charge >= 0.3 is 0 Å². The molecule has 2 N–H and O–H groups in total. The van der Waals surface area contributed by atoms with Crippen molar-refractivity contribution >= 4 is 29.9 Å². The molecule has 1 aromatic heterocycles. The predicted molar refractivity (Wildman–Crippen MR) is 131 cm³/mol. The van der Waals surface area contributed by atoms with E-state index in [2.05, 4.69) is 84.8 Å². The van der Waals surface area contributed by atoms with E-state index in [1.165, 1.54) is 11.1 Å².